The van der Waals surface area contributed by atoms with E-state index >= 15 is 0 Å². The zero-order chi connectivity index (χ0) is 27.8. The predicted octanol–water partition coefficient (Wildman–Crippen LogP) is 3.50. The Morgan fingerprint density at radius 1 is 1.02 bits per heavy atom. The largest absolute Gasteiger partial charge is 0.391 e. The maximum atomic E-state index is 13.7. The van der Waals surface area contributed by atoms with Crippen LogP contribution in [0.1, 0.15) is 48.2 Å². The Bertz CT molecular complexity index is 1590. The molecule has 1 aliphatic heterocycles. The minimum atomic E-state index is -0.349. The number of carbonyl (C=O) groups is 1. The van der Waals surface area contributed by atoms with Crippen LogP contribution >= 0.6 is 11.6 Å². The van der Waals surface area contributed by atoms with Crippen molar-refractivity contribution in [2.45, 2.75) is 57.7 Å². The van der Waals surface area contributed by atoms with E-state index in [-0.39, 0.29) is 23.7 Å². The van der Waals surface area contributed by atoms with Crippen LogP contribution in [-0.2, 0) is 6.54 Å². The summed E-state index contributed by atoms with van der Waals surface area (Å²) in [6, 6.07) is 9.48. The second kappa shape index (κ2) is 11.0. The minimum Gasteiger partial charge on any atom is -0.391 e. The summed E-state index contributed by atoms with van der Waals surface area (Å²) in [6.07, 6.45) is 8.69. The summed E-state index contributed by atoms with van der Waals surface area (Å²) < 4.78 is 3.46. The molecule has 11 heteroatoms. The Morgan fingerprint density at radius 2 is 1.75 bits per heavy atom. The van der Waals surface area contributed by atoms with E-state index in [0.717, 1.165) is 43.3 Å². The SMILES string of the molecule is Cc1ncc(Cl)cc1C(=O)NC1CCC(Cn2c(=O)n(-c3cnc(N4CCC(O)C4)cn3)c3ccccc32)CC1. The second-order valence-electron chi connectivity index (χ2n) is 10.8. The number of fused-ring (bicyclic) bond motifs is 1. The lowest BCUT2D eigenvalue weighted by atomic mass is 9.85. The highest BCUT2D eigenvalue weighted by Gasteiger charge is 2.26. The van der Waals surface area contributed by atoms with Gasteiger partial charge in [-0.3, -0.25) is 14.3 Å². The van der Waals surface area contributed by atoms with Crippen LogP contribution in [0.25, 0.3) is 16.9 Å². The van der Waals surface area contributed by atoms with Crippen molar-refractivity contribution in [3.63, 3.8) is 0 Å². The summed E-state index contributed by atoms with van der Waals surface area (Å²) in [6.45, 7) is 3.67. The fraction of sp³-hybridized carbons (Fsp3) is 0.414. The number of aryl methyl sites for hydroxylation is 1. The third kappa shape index (κ3) is 5.21. The van der Waals surface area contributed by atoms with Crippen LogP contribution in [0, 0.1) is 12.8 Å². The Hall–Kier alpha value is -3.76. The molecule has 10 nitrogen and oxygen atoms in total. The predicted molar refractivity (Wildman–Crippen MR) is 153 cm³/mol. The van der Waals surface area contributed by atoms with Gasteiger partial charge in [0.1, 0.15) is 5.82 Å². The first-order valence-corrected chi connectivity index (χ1v) is 14.1. The molecule has 1 aromatic carbocycles. The number of imidazole rings is 1. The van der Waals surface area contributed by atoms with Gasteiger partial charge in [-0.25, -0.2) is 19.3 Å². The van der Waals surface area contributed by atoms with Crippen molar-refractivity contribution >= 4 is 34.4 Å². The molecule has 1 saturated carbocycles. The quantitative estimate of drug-likeness (QED) is 0.370. The number of para-hydroxylation sites is 2. The van der Waals surface area contributed by atoms with Crippen LogP contribution in [0.2, 0.25) is 5.02 Å². The summed E-state index contributed by atoms with van der Waals surface area (Å²) >= 11 is 6.04. The van der Waals surface area contributed by atoms with E-state index < -0.39 is 0 Å². The Balaban J connectivity index is 1.16. The van der Waals surface area contributed by atoms with E-state index in [9.17, 15) is 14.7 Å². The third-order valence-corrected chi connectivity index (χ3v) is 8.30. The number of aliphatic hydroxyl groups is 1. The maximum Gasteiger partial charge on any atom is 0.334 e. The van der Waals surface area contributed by atoms with Crippen LogP contribution in [-0.4, -0.2) is 60.3 Å². The van der Waals surface area contributed by atoms with Gasteiger partial charge >= 0.3 is 5.69 Å². The molecule has 4 heterocycles. The lowest BCUT2D eigenvalue weighted by molar-refractivity contribution is 0.0919. The molecule has 2 aliphatic rings. The molecule has 6 rings (SSSR count). The highest BCUT2D eigenvalue weighted by molar-refractivity contribution is 6.30. The van der Waals surface area contributed by atoms with Crippen LogP contribution in [0.15, 0.2) is 53.7 Å². The summed E-state index contributed by atoms with van der Waals surface area (Å²) in [4.78, 5) is 41.8. The molecular weight excluding hydrogens is 530 g/mol. The van der Waals surface area contributed by atoms with Crippen molar-refractivity contribution < 1.29 is 9.90 Å². The molecule has 0 radical (unpaired) electrons. The standard InChI is InChI=1S/C29H32ClN7O3/c1-18-23(12-20(30)13-31-18)28(39)34-21-8-6-19(7-9-21)16-36-24-4-2-3-5-25(24)37(29(36)40)27-15-32-26(14-33-27)35-11-10-22(38)17-35/h2-5,12-15,19,21-22,38H,6-11,16-17H2,1H3,(H,34,39). The summed E-state index contributed by atoms with van der Waals surface area (Å²) in [7, 11) is 0. The maximum absolute atomic E-state index is 13.7. The van der Waals surface area contributed by atoms with Crippen LogP contribution in [0.3, 0.4) is 0 Å². The summed E-state index contributed by atoms with van der Waals surface area (Å²) in [5.41, 5.74) is 2.67. The van der Waals surface area contributed by atoms with Crippen molar-refractivity contribution in [3.05, 3.63) is 75.7 Å². The van der Waals surface area contributed by atoms with Crippen molar-refractivity contribution in [1.29, 1.82) is 0 Å². The van der Waals surface area contributed by atoms with E-state index in [1.54, 1.807) is 36.1 Å². The van der Waals surface area contributed by atoms with Gasteiger partial charge in [-0.2, -0.15) is 0 Å². The van der Waals surface area contributed by atoms with Crippen molar-refractivity contribution in [2.24, 2.45) is 5.92 Å². The summed E-state index contributed by atoms with van der Waals surface area (Å²) in [5, 5.41) is 13.4. The van der Waals surface area contributed by atoms with Gasteiger partial charge in [-0.15, -0.1) is 0 Å². The molecule has 40 heavy (non-hydrogen) atoms. The number of aromatic nitrogens is 5. The molecule has 1 unspecified atom stereocenters. The highest BCUT2D eigenvalue weighted by atomic mass is 35.5. The third-order valence-electron chi connectivity index (χ3n) is 8.10. The number of β-amino-alcohol motifs (C(OH)–C–C–N with tert-alkyl or cyclic N) is 1. The average Bonchev–Trinajstić information content (AvgIpc) is 3.52. The van der Waals surface area contributed by atoms with Gasteiger partial charge in [0.15, 0.2) is 5.82 Å². The minimum absolute atomic E-state index is 0.0747. The average molecular weight is 562 g/mol. The molecule has 1 atom stereocenters. The molecular formula is C29H32ClN7O3. The monoisotopic (exact) mass is 561 g/mol. The van der Waals surface area contributed by atoms with Crippen molar-refractivity contribution in [3.8, 4) is 5.82 Å². The molecule has 0 spiro atoms. The number of anilines is 1. The van der Waals surface area contributed by atoms with E-state index in [1.165, 1.54) is 0 Å². The number of hydrogen-bond acceptors (Lipinski definition) is 7. The second-order valence-corrected chi connectivity index (χ2v) is 11.3. The van der Waals surface area contributed by atoms with Gasteiger partial charge in [0.05, 0.1) is 45.8 Å². The number of benzene rings is 1. The number of rotatable bonds is 6. The number of amides is 1. The van der Waals surface area contributed by atoms with Gasteiger partial charge in [0.2, 0.25) is 0 Å². The first-order valence-electron chi connectivity index (χ1n) is 13.8. The molecule has 3 aromatic heterocycles. The molecule has 1 saturated heterocycles. The molecule has 1 aliphatic carbocycles. The normalized spacial score (nSPS) is 21.2. The van der Waals surface area contributed by atoms with Gasteiger partial charge < -0.3 is 15.3 Å². The zero-order valence-electron chi connectivity index (χ0n) is 22.3. The number of hydrogen-bond donors (Lipinski definition) is 2. The van der Waals surface area contributed by atoms with E-state index in [2.05, 4.69) is 20.3 Å². The molecule has 1 amide bonds. The van der Waals surface area contributed by atoms with Crippen LogP contribution in [0.4, 0.5) is 5.82 Å². The molecule has 4 aromatic rings. The number of carbonyl (C=O) groups excluding carboxylic acids is 1. The van der Waals surface area contributed by atoms with Crippen LogP contribution in [0.5, 0.6) is 0 Å². The van der Waals surface area contributed by atoms with E-state index in [4.69, 9.17) is 11.6 Å². The topological polar surface area (TPSA) is 118 Å². The van der Waals surface area contributed by atoms with Gasteiger partial charge in [-0.05, 0) is 63.1 Å². The van der Waals surface area contributed by atoms with Crippen molar-refractivity contribution in [2.75, 3.05) is 18.0 Å². The molecule has 0 bridgehead atoms. The Morgan fingerprint density at radius 3 is 2.45 bits per heavy atom. The molecule has 2 N–H and O–H groups in total. The van der Waals surface area contributed by atoms with Gasteiger partial charge in [0, 0.05) is 31.9 Å². The van der Waals surface area contributed by atoms with Gasteiger partial charge in [0.25, 0.3) is 5.91 Å². The van der Waals surface area contributed by atoms with E-state index in [0.29, 0.717) is 53.3 Å². The Kier molecular flexibility index (Phi) is 7.29. The number of nitrogens with one attached hydrogen (secondary N) is 1. The fourth-order valence-electron chi connectivity index (χ4n) is 5.90. The molecule has 208 valence electrons. The van der Waals surface area contributed by atoms with Gasteiger partial charge in [-0.1, -0.05) is 23.7 Å². The lowest BCUT2D eigenvalue weighted by Gasteiger charge is -2.29. The number of nitrogens with zero attached hydrogens (tertiary/aromatic N) is 6. The fourth-order valence-corrected chi connectivity index (χ4v) is 6.06. The Labute approximate surface area is 236 Å². The first-order chi connectivity index (χ1) is 19.4. The zero-order valence-corrected chi connectivity index (χ0v) is 23.1. The number of halogens is 1. The lowest BCUT2D eigenvalue weighted by Crippen LogP contribution is -2.39. The molecule has 2 fully saturated rings. The summed E-state index contributed by atoms with van der Waals surface area (Å²) in [5.74, 6) is 1.33. The van der Waals surface area contributed by atoms with E-state index in [1.807, 2.05) is 33.7 Å². The van der Waals surface area contributed by atoms with Crippen LogP contribution < -0.4 is 15.9 Å². The smallest absolute Gasteiger partial charge is 0.334 e. The van der Waals surface area contributed by atoms with Crippen molar-refractivity contribution in [1.82, 2.24) is 29.4 Å². The number of aliphatic hydroxyl groups excluding tert-OH is 1. The highest BCUT2D eigenvalue weighted by Crippen LogP contribution is 2.28. The number of pyridine rings is 1. The first kappa shape index (κ1) is 26.5.